The molecular weight excluding hydrogens is 221 g/mol. The maximum absolute atomic E-state index is 12.0. The maximum atomic E-state index is 12.0. The van der Waals surface area contributed by atoms with Gasteiger partial charge in [-0.05, 0) is 32.3 Å². The van der Waals surface area contributed by atoms with Crippen LogP contribution in [0.3, 0.4) is 0 Å². The van der Waals surface area contributed by atoms with E-state index >= 15 is 0 Å². The molecule has 0 bridgehead atoms. The van der Waals surface area contributed by atoms with Gasteiger partial charge in [-0.2, -0.15) is 11.8 Å². The molecule has 14 heavy (non-hydrogen) atoms. The molecule has 0 spiro atoms. The van der Waals surface area contributed by atoms with Crippen molar-refractivity contribution in [1.82, 2.24) is 0 Å². The van der Waals surface area contributed by atoms with Crippen molar-refractivity contribution >= 4 is 19.4 Å². The zero-order valence-electron chi connectivity index (χ0n) is 9.06. The first kappa shape index (κ1) is 14.5. The molecule has 1 unspecified atom stereocenters. The van der Waals surface area contributed by atoms with E-state index < -0.39 is 13.4 Å². The summed E-state index contributed by atoms with van der Waals surface area (Å²) in [6, 6.07) is 0. The Morgan fingerprint density at radius 2 is 1.86 bits per heavy atom. The van der Waals surface area contributed by atoms with Crippen LogP contribution in [0, 0.1) is 0 Å². The highest BCUT2D eigenvalue weighted by atomic mass is 32.2. The molecule has 0 aromatic heterocycles. The Kier molecular flexibility index (Phi) is 7.97. The highest BCUT2D eigenvalue weighted by molar-refractivity contribution is 7.98. The molecule has 0 saturated heterocycles. The average Bonchev–Trinajstić information content (AvgIpc) is 2.15. The van der Waals surface area contributed by atoms with Crippen LogP contribution in [0.5, 0.6) is 0 Å². The van der Waals surface area contributed by atoms with E-state index in [2.05, 4.69) is 0 Å². The summed E-state index contributed by atoms with van der Waals surface area (Å²) in [5.41, 5.74) is 5.78. The summed E-state index contributed by atoms with van der Waals surface area (Å²) in [4.78, 5) is 0. The average molecular weight is 241 g/mol. The summed E-state index contributed by atoms with van der Waals surface area (Å²) in [6.07, 6.45) is 2.64. The molecule has 0 aliphatic heterocycles. The van der Waals surface area contributed by atoms with Gasteiger partial charge in [-0.1, -0.05) is 0 Å². The smallest absolute Gasteiger partial charge is 0.318 e. The molecule has 6 heteroatoms. The molecule has 0 rings (SSSR count). The van der Waals surface area contributed by atoms with Gasteiger partial charge in [0.2, 0.25) is 0 Å². The van der Waals surface area contributed by atoms with Gasteiger partial charge in [0.15, 0.2) is 0 Å². The Bertz CT molecular complexity index is 181. The zero-order chi connectivity index (χ0) is 11.0. The number of thioether (sulfide) groups is 1. The first-order valence-electron chi connectivity index (χ1n) is 4.74. The molecule has 0 saturated carbocycles. The van der Waals surface area contributed by atoms with Gasteiger partial charge in [-0.25, -0.2) is 0 Å². The molecule has 0 radical (unpaired) electrons. The molecule has 86 valence electrons. The molecule has 0 amide bonds. The fourth-order valence-electron chi connectivity index (χ4n) is 0.985. The largest absolute Gasteiger partial charge is 0.347 e. The quantitative estimate of drug-likeness (QED) is 0.661. The third-order valence-corrected chi connectivity index (χ3v) is 4.59. The molecule has 2 N–H and O–H groups in total. The van der Waals surface area contributed by atoms with Gasteiger partial charge >= 0.3 is 7.60 Å². The van der Waals surface area contributed by atoms with Crippen molar-refractivity contribution in [3.8, 4) is 0 Å². The van der Waals surface area contributed by atoms with Crippen molar-refractivity contribution in [2.75, 3.05) is 25.2 Å². The van der Waals surface area contributed by atoms with Gasteiger partial charge in [-0.15, -0.1) is 0 Å². The molecule has 1 atom stereocenters. The standard InChI is InChI=1S/C8H20NO3PS/c1-4-11-13(10,12-5-2)8(9)6-7-14-3/h8H,4-7,9H2,1-3H3. The first-order chi connectivity index (χ1) is 6.60. The Morgan fingerprint density at radius 1 is 1.36 bits per heavy atom. The second-order valence-electron chi connectivity index (χ2n) is 2.72. The van der Waals surface area contributed by atoms with Gasteiger partial charge in [0.05, 0.1) is 13.2 Å². The van der Waals surface area contributed by atoms with Crippen molar-refractivity contribution in [1.29, 1.82) is 0 Å². The zero-order valence-corrected chi connectivity index (χ0v) is 10.8. The van der Waals surface area contributed by atoms with Gasteiger partial charge in [0.25, 0.3) is 0 Å². The van der Waals surface area contributed by atoms with E-state index in [1.165, 1.54) is 0 Å². The second-order valence-corrected chi connectivity index (χ2v) is 5.97. The van der Waals surface area contributed by atoms with E-state index in [1.807, 2.05) is 6.26 Å². The lowest BCUT2D eigenvalue weighted by Crippen LogP contribution is -2.23. The fraction of sp³-hybridized carbons (Fsp3) is 1.00. The summed E-state index contributed by atoms with van der Waals surface area (Å²) in [6.45, 7) is 4.30. The number of hydrogen-bond acceptors (Lipinski definition) is 5. The van der Waals surface area contributed by atoms with Gasteiger partial charge < -0.3 is 14.8 Å². The Labute approximate surface area is 90.4 Å². The number of nitrogens with two attached hydrogens (primary N) is 1. The van der Waals surface area contributed by atoms with E-state index in [0.29, 0.717) is 19.6 Å². The summed E-state index contributed by atoms with van der Waals surface area (Å²) in [5, 5.41) is 0. The van der Waals surface area contributed by atoms with Crippen LogP contribution in [-0.4, -0.2) is 31.0 Å². The van der Waals surface area contributed by atoms with Crippen molar-refractivity contribution in [2.24, 2.45) is 5.73 Å². The van der Waals surface area contributed by atoms with Crippen LogP contribution in [0.25, 0.3) is 0 Å². The SMILES string of the molecule is CCOP(=O)(OCC)C(N)CCSC. The van der Waals surface area contributed by atoms with E-state index in [4.69, 9.17) is 14.8 Å². The maximum Gasteiger partial charge on any atom is 0.347 e. The molecule has 0 aromatic rings. The topological polar surface area (TPSA) is 61.5 Å². The third-order valence-electron chi connectivity index (χ3n) is 1.64. The predicted molar refractivity (Wildman–Crippen MR) is 61.8 cm³/mol. The molecule has 0 aliphatic carbocycles. The minimum absolute atomic E-state index is 0.365. The highest BCUT2D eigenvalue weighted by Crippen LogP contribution is 2.52. The Balaban J connectivity index is 4.23. The van der Waals surface area contributed by atoms with Crippen LogP contribution >= 0.6 is 19.4 Å². The molecule has 4 nitrogen and oxygen atoms in total. The van der Waals surface area contributed by atoms with Gasteiger partial charge in [-0.3, -0.25) is 4.57 Å². The van der Waals surface area contributed by atoms with Crippen LogP contribution in [0.4, 0.5) is 0 Å². The van der Waals surface area contributed by atoms with Crippen molar-refractivity contribution < 1.29 is 13.6 Å². The van der Waals surface area contributed by atoms with Crippen molar-refractivity contribution in [3.05, 3.63) is 0 Å². The minimum Gasteiger partial charge on any atom is -0.318 e. The lowest BCUT2D eigenvalue weighted by Gasteiger charge is -2.22. The summed E-state index contributed by atoms with van der Waals surface area (Å²) >= 11 is 1.67. The van der Waals surface area contributed by atoms with Crippen molar-refractivity contribution in [2.45, 2.75) is 26.1 Å². The van der Waals surface area contributed by atoms with E-state index in [-0.39, 0.29) is 0 Å². The highest BCUT2D eigenvalue weighted by Gasteiger charge is 2.31. The van der Waals surface area contributed by atoms with Crippen molar-refractivity contribution in [3.63, 3.8) is 0 Å². The van der Waals surface area contributed by atoms with E-state index in [9.17, 15) is 4.57 Å². The van der Waals surface area contributed by atoms with Gasteiger partial charge in [0, 0.05) is 0 Å². The fourth-order valence-corrected chi connectivity index (χ4v) is 3.27. The van der Waals surface area contributed by atoms with Crippen LogP contribution in [0.2, 0.25) is 0 Å². The lowest BCUT2D eigenvalue weighted by atomic mass is 10.5. The lowest BCUT2D eigenvalue weighted by molar-refractivity contribution is 0.211. The normalized spacial score (nSPS) is 14.3. The molecular formula is C8H20NO3PS. The third kappa shape index (κ3) is 4.80. The Morgan fingerprint density at radius 3 is 2.21 bits per heavy atom. The summed E-state index contributed by atoms with van der Waals surface area (Å²) in [5.74, 6) is 0.362. The molecule has 0 aliphatic rings. The van der Waals surface area contributed by atoms with E-state index in [1.54, 1.807) is 25.6 Å². The predicted octanol–water partition coefficient (Wildman–Crippen LogP) is 2.29. The number of rotatable bonds is 8. The monoisotopic (exact) mass is 241 g/mol. The van der Waals surface area contributed by atoms with Crippen LogP contribution in [-0.2, 0) is 13.6 Å². The molecule has 0 heterocycles. The van der Waals surface area contributed by atoms with E-state index in [0.717, 1.165) is 5.75 Å². The van der Waals surface area contributed by atoms with Gasteiger partial charge in [0.1, 0.15) is 5.78 Å². The summed E-state index contributed by atoms with van der Waals surface area (Å²) in [7, 11) is -3.08. The van der Waals surface area contributed by atoms with Crippen LogP contribution in [0.15, 0.2) is 0 Å². The minimum atomic E-state index is -3.08. The molecule has 0 fully saturated rings. The second kappa shape index (κ2) is 7.71. The van der Waals surface area contributed by atoms with Crippen LogP contribution in [0.1, 0.15) is 20.3 Å². The van der Waals surface area contributed by atoms with Crippen LogP contribution < -0.4 is 5.73 Å². The molecule has 0 aromatic carbocycles. The Hall–Kier alpha value is 0.460. The first-order valence-corrected chi connectivity index (χ1v) is 7.74. The number of hydrogen-bond donors (Lipinski definition) is 1. The summed E-state index contributed by atoms with van der Waals surface area (Å²) < 4.78 is 22.3.